The molecule has 0 saturated heterocycles. The Bertz CT molecular complexity index is 580. The lowest BCUT2D eigenvalue weighted by atomic mass is 10.1. The number of rotatable bonds is 4. The number of hydrogen-bond donors (Lipinski definition) is 0. The molecule has 0 aliphatic heterocycles. The van der Waals surface area contributed by atoms with Crippen LogP contribution in [0.15, 0.2) is 57.9 Å². The molecule has 2 aromatic rings. The molecule has 104 valence electrons. The van der Waals surface area contributed by atoms with Crippen molar-refractivity contribution in [1.29, 1.82) is 0 Å². The highest BCUT2D eigenvalue weighted by molar-refractivity contribution is 9.10. The lowest BCUT2D eigenvalue weighted by molar-refractivity contribution is 0.0992. The van der Waals surface area contributed by atoms with Crippen LogP contribution in [0.4, 0.5) is 0 Å². The van der Waals surface area contributed by atoms with E-state index in [1.807, 2.05) is 12.1 Å². The van der Waals surface area contributed by atoms with Crippen LogP contribution in [0, 0.1) is 0 Å². The van der Waals surface area contributed by atoms with Gasteiger partial charge in [0.1, 0.15) is 0 Å². The number of ketones is 1. The van der Waals surface area contributed by atoms with Crippen LogP contribution in [0.2, 0.25) is 5.02 Å². The lowest BCUT2D eigenvalue weighted by Gasteiger charge is -2.11. The molecule has 5 heteroatoms. The van der Waals surface area contributed by atoms with Gasteiger partial charge in [0.2, 0.25) is 0 Å². The van der Waals surface area contributed by atoms with E-state index in [0.29, 0.717) is 15.5 Å². The van der Waals surface area contributed by atoms with Gasteiger partial charge in [0.25, 0.3) is 0 Å². The minimum absolute atomic E-state index is 0.150. The van der Waals surface area contributed by atoms with Gasteiger partial charge in [-0.15, -0.1) is 0 Å². The van der Waals surface area contributed by atoms with Crippen molar-refractivity contribution in [3.8, 4) is 0 Å². The summed E-state index contributed by atoms with van der Waals surface area (Å²) < 4.78 is 13.3. The van der Waals surface area contributed by atoms with Gasteiger partial charge < -0.3 is 0 Å². The van der Waals surface area contributed by atoms with Crippen molar-refractivity contribution in [1.82, 2.24) is 0 Å². The summed E-state index contributed by atoms with van der Waals surface area (Å²) in [6.45, 7) is 1.68. The monoisotopic (exact) mass is 370 g/mol. The van der Waals surface area contributed by atoms with Gasteiger partial charge in [-0.2, -0.15) is 0 Å². The fraction of sp³-hybridized carbons (Fsp3) is 0.133. The van der Waals surface area contributed by atoms with Gasteiger partial charge >= 0.3 is 0 Å². The topological polar surface area (TPSA) is 34.1 Å². The number of benzene rings is 2. The molecule has 2 nitrogen and oxygen atoms in total. The Kier molecular flexibility index (Phi) is 5.13. The molecule has 0 spiro atoms. The van der Waals surface area contributed by atoms with Crippen molar-refractivity contribution in [3.63, 3.8) is 0 Å². The molecule has 0 saturated carbocycles. The fourth-order valence-electron chi connectivity index (χ4n) is 1.72. The van der Waals surface area contributed by atoms with E-state index in [9.17, 15) is 9.00 Å². The molecule has 2 aromatic carbocycles. The summed E-state index contributed by atoms with van der Waals surface area (Å²) in [6.07, 6.45) is 0. The van der Waals surface area contributed by atoms with Crippen LogP contribution in [0.5, 0.6) is 0 Å². The van der Waals surface area contributed by atoms with Gasteiger partial charge in [0.05, 0.1) is 16.0 Å². The van der Waals surface area contributed by atoms with E-state index in [1.165, 1.54) is 0 Å². The first-order valence-electron chi connectivity index (χ1n) is 5.95. The molecule has 0 radical (unpaired) electrons. The molecule has 0 aliphatic carbocycles. The van der Waals surface area contributed by atoms with Gasteiger partial charge in [-0.25, -0.2) is 0 Å². The standard InChI is InChI=1S/C15H12BrClO2S/c1-10(15(18)11-2-6-13(17)7-3-11)20(19)14-8-4-12(16)5-9-14/h2-10H,1H3. The van der Waals surface area contributed by atoms with Crippen molar-refractivity contribution < 1.29 is 9.00 Å². The highest BCUT2D eigenvalue weighted by Gasteiger charge is 2.22. The molecule has 2 atom stereocenters. The van der Waals surface area contributed by atoms with Crippen molar-refractivity contribution in [2.45, 2.75) is 17.1 Å². The van der Waals surface area contributed by atoms with E-state index >= 15 is 0 Å². The Morgan fingerprint density at radius 1 is 1.10 bits per heavy atom. The zero-order chi connectivity index (χ0) is 14.7. The van der Waals surface area contributed by atoms with E-state index in [2.05, 4.69) is 15.9 Å². The van der Waals surface area contributed by atoms with Crippen LogP contribution in [0.25, 0.3) is 0 Å². The van der Waals surface area contributed by atoms with E-state index in [1.54, 1.807) is 43.3 Å². The fourth-order valence-corrected chi connectivity index (χ4v) is 3.25. The number of halogens is 2. The molecule has 0 bridgehead atoms. The van der Waals surface area contributed by atoms with E-state index in [-0.39, 0.29) is 5.78 Å². The number of carbonyl (C=O) groups excluding carboxylic acids is 1. The first-order valence-corrected chi connectivity index (χ1v) is 8.33. The summed E-state index contributed by atoms with van der Waals surface area (Å²) in [4.78, 5) is 12.9. The summed E-state index contributed by atoms with van der Waals surface area (Å²) in [6, 6.07) is 13.8. The third kappa shape index (κ3) is 3.57. The van der Waals surface area contributed by atoms with Gasteiger partial charge in [-0.1, -0.05) is 27.5 Å². The third-order valence-corrected chi connectivity index (χ3v) is 5.24. The normalized spacial score (nSPS) is 13.8. The van der Waals surface area contributed by atoms with Crippen molar-refractivity contribution in [2.75, 3.05) is 0 Å². The SMILES string of the molecule is CC(C(=O)c1ccc(Cl)cc1)S(=O)c1ccc(Br)cc1. The van der Waals surface area contributed by atoms with Crippen molar-refractivity contribution in [2.24, 2.45) is 0 Å². The van der Waals surface area contributed by atoms with Crippen molar-refractivity contribution in [3.05, 3.63) is 63.6 Å². The first kappa shape index (κ1) is 15.4. The van der Waals surface area contributed by atoms with Crippen LogP contribution in [0.1, 0.15) is 17.3 Å². The van der Waals surface area contributed by atoms with Crippen molar-refractivity contribution >= 4 is 44.1 Å². The number of carbonyl (C=O) groups is 1. The number of hydrogen-bond acceptors (Lipinski definition) is 2. The molecule has 0 N–H and O–H groups in total. The molecular formula is C15H12BrClO2S. The van der Waals surface area contributed by atoms with Crippen LogP contribution in [-0.2, 0) is 10.8 Å². The van der Waals surface area contributed by atoms with Gasteiger partial charge in [-0.3, -0.25) is 9.00 Å². The second-order valence-corrected chi connectivity index (χ2v) is 7.39. The zero-order valence-electron chi connectivity index (χ0n) is 10.7. The van der Waals surface area contributed by atoms with E-state index < -0.39 is 16.0 Å². The zero-order valence-corrected chi connectivity index (χ0v) is 13.8. The largest absolute Gasteiger partial charge is 0.293 e. The van der Waals surface area contributed by atoms with Crippen LogP contribution >= 0.6 is 27.5 Å². The van der Waals surface area contributed by atoms with Crippen LogP contribution in [-0.4, -0.2) is 15.2 Å². The highest BCUT2D eigenvalue weighted by atomic mass is 79.9. The Balaban J connectivity index is 2.20. The van der Waals surface area contributed by atoms with Crippen LogP contribution in [0.3, 0.4) is 0 Å². The Morgan fingerprint density at radius 3 is 2.20 bits per heavy atom. The summed E-state index contributed by atoms with van der Waals surface area (Å²) in [7, 11) is -1.38. The maximum Gasteiger partial charge on any atom is 0.178 e. The summed E-state index contributed by atoms with van der Waals surface area (Å²) in [5, 5.41) is -0.0272. The van der Waals surface area contributed by atoms with E-state index in [0.717, 1.165) is 4.47 Å². The summed E-state index contributed by atoms with van der Waals surface area (Å²) in [5.74, 6) is -0.150. The second kappa shape index (κ2) is 6.66. The quantitative estimate of drug-likeness (QED) is 0.743. The summed E-state index contributed by atoms with van der Waals surface area (Å²) in [5.41, 5.74) is 0.521. The maximum absolute atomic E-state index is 12.4. The smallest absolute Gasteiger partial charge is 0.178 e. The molecule has 20 heavy (non-hydrogen) atoms. The van der Waals surface area contributed by atoms with Gasteiger partial charge in [0, 0.05) is 20.0 Å². The molecule has 2 rings (SSSR count). The highest BCUT2D eigenvalue weighted by Crippen LogP contribution is 2.19. The predicted octanol–water partition coefficient (Wildman–Crippen LogP) is 4.48. The molecular weight excluding hydrogens is 360 g/mol. The maximum atomic E-state index is 12.4. The molecule has 0 aromatic heterocycles. The molecule has 0 amide bonds. The van der Waals surface area contributed by atoms with E-state index in [4.69, 9.17) is 11.6 Å². The Hall–Kier alpha value is -0.970. The second-order valence-electron chi connectivity index (χ2n) is 4.26. The van der Waals surface area contributed by atoms with Gasteiger partial charge in [0.15, 0.2) is 5.78 Å². The minimum atomic E-state index is -1.38. The van der Waals surface area contributed by atoms with Crippen LogP contribution < -0.4 is 0 Å². The minimum Gasteiger partial charge on any atom is -0.293 e. The Morgan fingerprint density at radius 2 is 1.65 bits per heavy atom. The third-order valence-electron chi connectivity index (χ3n) is 2.87. The van der Waals surface area contributed by atoms with Gasteiger partial charge in [-0.05, 0) is 55.5 Å². The number of Topliss-reactive ketones (excluding diaryl/α,β-unsaturated/α-hetero) is 1. The lowest BCUT2D eigenvalue weighted by Crippen LogP contribution is -2.22. The average molecular weight is 372 g/mol. The Labute approximate surface area is 133 Å². The molecule has 2 unspecified atom stereocenters. The predicted molar refractivity (Wildman–Crippen MR) is 85.8 cm³/mol. The molecule has 0 heterocycles. The first-order chi connectivity index (χ1) is 9.49. The molecule has 0 aliphatic rings. The summed E-state index contributed by atoms with van der Waals surface area (Å²) >= 11 is 9.12. The molecule has 0 fully saturated rings. The average Bonchev–Trinajstić information content (AvgIpc) is 2.46.